The van der Waals surface area contributed by atoms with Crippen LogP contribution in [0.15, 0.2) is 24.3 Å². The van der Waals surface area contributed by atoms with E-state index in [1.54, 1.807) is 12.1 Å². The van der Waals surface area contributed by atoms with Crippen molar-refractivity contribution in [3.05, 3.63) is 35.6 Å². The summed E-state index contributed by atoms with van der Waals surface area (Å²) in [5, 5.41) is 3.47. The van der Waals surface area contributed by atoms with E-state index in [4.69, 9.17) is 0 Å². The first-order valence-electron chi connectivity index (χ1n) is 7.40. The molecule has 1 aromatic carbocycles. The monoisotopic (exact) mass is 264 g/mol. The van der Waals surface area contributed by atoms with Gasteiger partial charge in [-0.2, -0.15) is 0 Å². The highest BCUT2D eigenvalue weighted by molar-refractivity contribution is 5.21. The zero-order chi connectivity index (χ0) is 13.7. The van der Waals surface area contributed by atoms with E-state index in [2.05, 4.69) is 24.2 Å². The van der Waals surface area contributed by atoms with Crippen molar-refractivity contribution in [1.82, 2.24) is 10.2 Å². The fraction of sp³-hybridized carbons (Fsp3) is 0.625. The predicted molar refractivity (Wildman–Crippen MR) is 77.7 cm³/mol. The molecule has 3 heteroatoms. The third-order valence-corrected chi connectivity index (χ3v) is 3.86. The third-order valence-electron chi connectivity index (χ3n) is 3.86. The van der Waals surface area contributed by atoms with Crippen molar-refractivity contribution in [2.75, 3.05) is 20.1 Å². The lowest BCUT2D eigenvalue weighted by atomic mass is 10.0. The van der Waals surface area contributed by atoms with Crippen LogP contribution in [0.3, 0.4) is 0 Å². The highest BCUT2D eigenvalue weighted by Gasteiger charge is 2.26. The molecular weight excluding hydrogens is 239 g/mol. The lowest BCUT2D eigenvalue weighted by molar-refractivity contribution is 0.296. The minimum absolute atomic E-state index is 0.0924. The number of halogens is 1. The molecule has 1 aliphatic rings. The average Bonchev–Trinajstić information content (AvgIpc) is 3.24. The van der Waals surface area contributed by atoms with Crippen molar-refractivity contribution in [2.45, 2.75) is 44.7 Å². The number of nitrogens with zero attached hydrogens (tertiary/aromatic N) is 1. The summed E-state index contributed by atoms with van der Waals surface area (Å²) in [5.41, 5.74) is 0.806. The summed E-state index contributed by atoms with van der Waals surface area (Å²) >= 11 is 0. The molecule has 0 spiro atoms. The number of rotatable bonds is 8. The van der Waals surface area contributed by atoms with Crippen LogP contribution in [0.25, 0.3) is 0 Å². The van der Waals surface area contributed by atoms with E-state index < -0.39 is 0 Å². The van der Waals surface area contributed by atoms with Crippen molar-refractivity contribution in [1.29, 1.82) is 0 Å². The molecule has 0 heterocycles. The Morgan fingerprint density at radius 1 is 1.37 bits per heavy atom. The summed E-state index contributed by atoms with van der Waals surface area (Å²) in [6, 6.07) is 8.03. The van der Waals surface area contributed by atoms with Gasteiger partial charge in [-0.3, -0.25) is 0 Å². The van der Waals surface area contributed by atoms with E-state index in [9.17, 15) is 4.39 Å². The second-order valence-corrected chi connectivity index (χ2v) is 5.53. The molecule has 1 aliphatic carbocycles. The molecule has 1 fully saturated rings. The van der Waals surface area contributed by atoms with Gasteiger partial charge in [-0.15, -0.1) is 0 Å². The van der Waals surface area contributed by atoms with Crippen molar-refractivity contribution < 1.29 is 4.39 Å². The minimum atomic E-state index is -0.0924. The zero-order valence-corrected chi connectivity index (χ0v) is 12.0. The normalized spacial score (nSPS) is 16.8. The predicted octanol–water partition coefficient (Wildman–Crippen LogP) is 3.35. The Bertz CT molecular complexity index is 390. The van der Waals surface area contributed by atoms with Gasteiger partial charge in [-0.05, 0) is 51.9 Å². The molecule has 0 radical (unpaired) electrons. The van der Waals surface area contributed by atoms with Gasteiger partial charge in [0.2, 0.25) is 0 Å². The third kappa shape index (κ3) is 4.29. The van der Waals surface area contributed by atoms with Gasteiger partial charge in [0, 0.05) is 17.6 Å². The second kappa shape index (κ2) is 7.01. The van der Waals surface area contributed by atoms with Crippen molar-refractivity contribution in [3.63, 3.8) is 0 Å². The molecule has 0 aromatic heterocycles. The summed E-state index contributed by atoms with van der Waals surface area (Å²) < 4.78 is 13.9. The number of nitrogens with one attached hydrogen (secondary N) is 1. The highest BCUT2D eigenvalue weighted by atomic mass is 19.1. The Hall–Kier alpha value is -0.930. The number of hydrogen-bond donors (Lipinski definition) is 1. The average molecular weight is 264 g/mol. The molecule has 0 aliphatic heterocycles. The largest absolute Gasteiger partial charge is 0.310 e. The molecule has 0 saturated heterocycles. The molecule has 106 valence electrons. The van der Waals surface area contributed by atoms with Crippen LogP contribution in [0.2, 0.25) is 0 Å². The molecule has 1 aromatic rings. The Labute approximate surface area is 116 Å². The molecule has 1 atom stereocenters. The van der Waals surface area contributed by atoms with Gasteiger partial charge in [0.1, 0.15) is 5.82 Å². The van der Waals surface area contributed by atoms with Gasteiger partial charge in [0.15, 0.2) is 0 Å². The van der Waals surface area contributed by atoms with E-state index in [-0.39, 0.29) is 11.9 Å². The van der Waals surface area contributed by atoms with Crippen molar-refractivity contribution in [3.8, 4) is 0 Å². The first-order valence-corrected chi connectivity index (χ1v) is 7.40. The summed E-state index contributed by atoms with van der Waals surface area (Å²) in [5.74, 6) is -0.0924. The van der Waals surface area contributed by atoms with Crippen LogP contribution in [0.4, 0.5) is 4.39 Å². The lowest BCUT2D eigenvalue weighted by Gasteiger charge is -2.23. The molecule has 1 N–H and O–H groups in total. The van der Waals surface area contributed by atoms with Crippen LogP contribution in [-0.4, -0.2) is 31.1 Å². The molecule has 0 amide bonds. The standard InChI is InChI=1S/C16H25FN2/c1-3-11-18-16(10-12-19(2)13-8-9-13)14-6-4-5-7-15(14)17/h4-7,13,16,18H,3,8-12H2,1-2H3. The van der Waals surface area contributed by atoms with E-state index in [1.807, 2.05) is 12.1 Å². The molecule has 1 unspecified atom stereocenters. The molecular formula is C16H25FN2. The molecule has 19 heavy (non-hydrogen) atoms. The van der Waals surface area contributed by atoms with Crippen molar-refractivity contribution in [2.24, 2.45) is 0 Å². The van der Waals surface area contributed by atoms with Gasteiger partial charge in [-0.1, -0.05) is 25.1 Å². The van der Waals surface area contributed by atoms with Gasteiger partial charge >= 0.3 is 0 Å². The van der Waals surface area contributed by atoms with Crippen LogP contribution in [-0.2, 0) is 0 Å². The van der Waals surface area contributed by atoms with E-state index in [1.165, 1.54) is 12.8 Å². The quantitative estimate of drug-likeness (QED) is 0.774. The SMILES string of the molecule is CCCNC(CCN(C)C1CC1)c1ccccc1F. The molecule has 2 rings (SSSR count). The number of hydrogen-bond acceptors (Lipinski definition) is 2. The Morgan fingerprint density at radius 3 is 2.74 bits per heavy atom. The molecule has 2 nitrogen and oxygen atoms in total. The highest BCUT2D eigenvalue weighted by Crippen LogP contribution is 2.27. The maximum absolute atomic E-state index is 13.9. The molecule has 1 saturated carbocycles. The summed E-state index contributed by atoms with van der Waals surface area (Å²) in [6.07, 6.45) is 4.68. The second-order valence-electron chi connectivity index (χ2n) is 5.53. The van der Waals surface area contributed by atoms with E-state index in [0.717, 1.165) is 37.5 Å². The maximum atomic E-state index is 13.9. The van der Waals surface area contributed by atoms with Crippen LogP contribution in [0, 0.1) is 5.82 Å². The first-order chi connectivity index (χ1) is 9.22. The Kier molecular flexibility index (Phi) is 5.34. The topological polar surface area (TPSA) is 15.3 Å². The van der Waals surface area contributed by atoms with E-state index >= 15 is 0 Å². The molecule has 0 bridgehead atoms. The number of benzene rings is 1. The fourth-order valence-electron chi connectivity index (χ4n) is 2.47. The first kappa shape index (κ1) is 14.5. The van der Waals surface area contributed by atoms with Gasteiger partial charge < -0.3 is 10.2 Å². The summed E-state index contributed by atoms with van der Waals surface area (Å²) in [7, 11) is 2.18. The van der Waals surface area contributed by atoms with Crippen LogP contribution >= 0.6 is 0 Å². The van der Waals surface area contributed by atoms with Gasteiger partial charge in [0.25, 0.3) is 0 Å². The fourth-order valence-corrected chi connectivity index (χ4v) is 2.47. The lowest BCUT2D eigenvalue weighted by Crippen LogP contribution is -2.29. The Morgan fingerprint density at radius 2 is 2.11 bits per heavy atom. The maximum Gasteiger partial charge on any atom is 0.127 e. The Balaban J connectivity index is 1.96. The summed E-state index contributed by atoms with van der Waals surface area (Å²) in [6.45, 7) is 4.11. The van der Waals surface area contributed by atoms with Crippen LogP contribution < -0.4 is 5.32 Å². The van der Waals surface area contributed by atoms with Crippen LogP contribution in [0.1, 0.15) is 44.2 Å². The van der Waals surface area contributed by atoms with Gasteiger partial charge in [0.05, 0.1) is 0 Å². The summed E-state index contributed by atoms with van der Waals surface area (Å²) in [4.78, 5) is 2.40. The van der Waals surface area contributed by atoms with Crippen molar-refractivity contribution >= 4 is 0 Å². The van der Waals surface area contributed by atoms with E-state index in [0.29, 0.717) is 0 Å². The van der Waals surface area contributed by atoms with Crippen LogP contribution in [0.5, 0.6) is 0 Å². The minimum Gasteiger partial charge on any atom is -0.310 e. The van der Waals surface area contributed by atoms with Gasteiger partial charge in [-0.25, -0.2) is 4.39 Å². The smallest absolute Gasteiger partial charge is 0.127 e. The zero-order valence-electron chi connectivity index (χ0n) is 12.0.